The van der Waals surface area contributed by atoms with Crippen molar-refractivity contribution >= 4 is 29.0 Å². The van der Waals surface area contributed by atoms with Crippen molar-refractivity contribution in [3.05, 3.63) is 59.1 Å². The Morgan fingerprint density at radius 1 is 1.00 bits per heavy atom. The van der Waals surface area contributed by atoms with E-state index in [0.717, 1.165) is 17.8 Å². The average molecular weight is 384 g/mol. The third-order valence-corrected chi connectivity index (χ3v) is 4.52. The topological polar surface area (TPSA) is 35.6 Å². The van der Waals surface area contributed by atoms with Crippen LogP contribution in [0, 0.1) is 0 Å². The van der Waals surface area contributed by atoms with Crippen LogP contribution in [-0.2, 0) is 6.18 Å². The molecule has 0 atom stereocenters. The predicted molar refractivity (Wildman–Crippen MR) is 95.7 cm³/mol. The van der Waals surface area contributed by atoms with E-state index in [-0.39, 0.29) is 5.69 Å². The molecule has 2 aromatic carbocycles. The first-order chi connectivity index (χ1) is 12.3. The monoisotopic (exact) mass is 383 g/mol. The molecule has 1 fully saturated rings. The van der Waals surface area contributed by atoms with E-state index in [1.54, 1.807) is 4.90 Å². The van der Waals surface area contributed by atoms with Crippen LogP contribution in [-0.4, -0.2) is 37.1 Å². The number of carbonyl (C=O) groups is 1. The molecule has 1 heterocycles. The number of anilines is 2. The summed E-state index contributed by atoms with van der Waals surface area (Å²) < 4.78 is 38.3. The van der Waals surface area contributed by atoms with Crippen molar-refractivity contribution in [1.82, 2.24) is 4.90 Å². The number of amides is 2. The maximum Gasteiger partial charge on any atom is 0.416 e. The highest BCUT2D eigenvalue weighted by Crippen LogP contribution is 2.31. The number of carbonyl (C=O) groups excluding carboxylic acids is 1. The third-order valence-electron chi connectivity index (χ3n) is 4.20. The number of para-hydroxylation sites is 1. The van der Waals surface area contributed by atoms with Crippen molar-refractivity contribution in [2.45, 2.75) is 6.18 Å². The smallest absolute Gasteiger partial charge is 0.367 e. The van der Waals surface area contributed by atoms with Gasteiger partial charge in [0.15, 0.2) is 0 Å². The lowest BCUT2D eigenvalue weighted by molar-refractivity contribution is -0.137. The zero-order chi connectivity index (χ0) is 18.7. The zero-order valence-electron chi connectivity index (χ0n) is 13.8. The highest BCUT2D eigenvalue weighted by molar-refractivity contribution is 6.33. The number of piperazine rings is 1. The molecule has 8 heteroatoms. The Kier molecular flexibility index (Phi) is 5.27. The van der Waals surface area contributed by atoms with E-state index in [9.17, 15) is 18.0 Å². The van der Waals surface area contributed by atoms with Crippen LogP contribution in [0.1, 0.15) is 5.56 Å². The molecule has 1 aliphatic heterocycles. The Morgan fingerprint density at radius 3 is 2.35 bits per heavy atom. The van der Waals surface area contributed by atoms with E-state index in [1.807, 2.05) is 24.3 Å². The summed E-state index contributed by atoms with van der Waals surface area (Å²) in [6, 6.07) is 11.7. The fourth-order valence-electron chi connectivity index (χ4n) is 2.83. The lowest BCUT2D eigenvalue weighted by Gasteiger charge is -2.36. The number of halogens is 4. The number of urea groups is 1. The van der Waals surface area contributed by atoms with Crippen LogP contribution in [0.4, 0.5) is 29.3 Å². The molecule has 26 heavy (non-hydrogen) atoms. The molecule has 3 rings (SSSR count). The lowest BCUT2D eigenvalue weighted by Crippen LogP contribution is -2.50. The summed E-state index contributed by atoms with van der Waals surface area (Å²) in [7, 11) is 0. The number of nitrogens with zero attached hydrogens (tertiary/aromatic N) is 2. The molecule has 138 valence electrons. The Balaban J connectivity index is 1.60. The van der Waals surface area contributed by atoms with Crippen LogP contribution in [0.15, 0.2) is 48.5 Å². The first-order valence-electron chi connectivity index (χ1n) is 8.07. The number of nitrogens with one attached hydrogen (secondary N) is 1. The van der Waals surface area contributed by atoms with E-state index in [1.165, 1.54) is 12.1 Å². The molecule has 1 aliphatic rings. The van der Waals surface area contributed by atoms with Crippen molar-refractivity contribution in [3.63, 3.8) is 0 Å². The highest BCUT2D eigenvalue weighted by atomic mass is 35.5. The lowest BCUT2D eigenvalue weighted by atomic mass is 10.2. The number of benzene rings is 2. The Hall–Kier alpha value is -2.41. The normalized spacial score (nSPS) is 15.1. The summed E-state index contributed by atoms with van der Waals surface area (Å²) in [6.45, 7) is 2.10. The minimum absolute atomic E-state index is 0.123. The van der Waals surface area contributed by atoms with Crippen molar-refractivity contribution in [2.75, 3.05) is 36.4 Å². The van der Waals surface area contributed by atoms with Gasteiger partial charge in [-0.05, 0) is 30.3 Å². The van der Waals surface area contributed by atoms with Gasteiger partial charge < -0.3 is 15.1 Å². The van der Waals surface area contributed by atoms with Crippen LogP contribution in [0.5, 0.6) is 0 Å². The van der Waals surface area contributed by atoms with E-state index in [4.69, 9.17) is 11.6 Å². The van der Waals surface area contributed by atoms with Crippen molar-refractivity contribution < 1.29 is 18.0 Å². The van der Waals surface area contributed by atoms with Gasteiger partial charge in [0, 0.05) is 31.9 Å². The Labute approximate surface area is 154 Å². The van der Waals surface area contributed by atoms with Crippen LogP contribution in [0.2, 0.25) is 5.02 Å². The number of alkyl halides is 3. The van der Waals surface area contributed by atoms with Gasteiger partial charge in [-0.15, -0.1) is 0 Å². The van der Waals surface area contributed by atoms with Gasteiger partial charge in [-0.1, -0.05) is 29.8 Å². The van der Waals surface area contributed by atoms with Crippen molar-refractivity contribution in [1.29, 1.82) is 0 Å². The second-order valence-corrected chi connectivity index (χ2v) is 6.34. The van der Waals surface area contributed by atoms with E-state index in [0.29, 0.717) is 31.2 Å². The fourth-order valence-corrected chi connectivity index (χ4v) is 3.09. The van der Waals surface area contributed by atoms with Gasteiger partial charge >= 0.3 is 12.2 Å². The summed E-state index contributed by atoms with van der Waals surface area (Å²) in [5.74, 6) is 0. The molecule has 1 N–H and O–H groups in total. The molecular formula is C18H17ClF3N3O. The van der Waals surface area contributed by atoms with Crippen molar-refractivity contribution in [2.24, 2.45) is 0 Å². The summed E-state index contributed by atoms with van der Waals surface area (Å²) in [4.78, 5) is 16.0. The van der Waals surface area contributed by atoms with Gasteiger partial charge in [-0.25, -0.2) is 4.79 Å². The molecule has 1 saturated heterocycles. The van der Waals surface area contributed by atoms with Crippen LogP contribution >= 0.6 is 11.6 Å². The number of rotatable bonds is 2. The molecule has 0 bridgehead atoms. The highest BCUT2D eigenvalue weighted by Gasteiger charge is 2.30. The molecule has 0 saturated carbocycles. The second kappa shape index (κ2) is 7.45. The largest absolute Gasteiger partial charge is 0.416 e. The van der Waals surface area contributed by atoms with Crippen molar-refractivity contribution in [3.8, 4) is 0 Å². The van der Waals surface area contributed by atoms with Gasteiger partial charge in [0.2, 0.25) is 0 Å². The molecule has 0 aliphatic carbocycles. The molecule has 2 amide bonds. The zero-order valence-corrected chi connectivity index (χ0v) is 14.5. The standard InChI is InChI=1S/C18H17ClF3N3O/c19-15-6-1-2-7-16(15)24-8-10-25(11-9-24)17(26)23-14-5-3-4-13(12-14)18(20,21)22/h1-7,12H,8-11H2,(H,23,26). The summed E-state index contributed by atoms with van der Waals surface area (Å²) >= 11 is 6.19. The molecule has 0 aromatic heterocycles. The molecule has 0 spiro atoms. The van der Waals surface area contributed by atoms with Gasteiger partial charge in [-0.3, -0.25) is 0 Å². The summed E-state index contributed by atoms with van der Waals surface area (Å²) in [5, 5.41) is 3.18. The maximum atomic E-state index is 12.8. The minimum atomic E-state index is -4.44. The number of hydrogen-bond acceptors (Lipinski definition) is 2. The summed E-state index contributed by atoms with van der Waals surface area (Å²) in [5.41, 5.74) is 0.240. The first-order valence-corrected chi connectivity index (χ1v) is 8.45. The maximum absolute atomic E-state index is 12.8. The molecule has 2 aromatic rings. The van der Waals surface area contributed by atoms with Crippen LogP contribution in [0.25, 0.3) is 0 Å². The fraction of sp³-hybridized carbons (Fsp3) is 0.278. The molecule has 4 nitrogen and oxygen atoms in total. The molecule has 0 unspecified atom stereocenters. The molecular weight excluding hydrogens is 367 g/mol. The Bertz CT molecular complexity index is 789. The average Bonchev–Trinajstić information content (AvgIpc) is 2.62. The number of hydrogen-bond donors (Lipinski definition) is 1. The van der Waals surface area contributed by atoms with Gasteiger partial charge in [0.1, 0.15) is 0 Å². The minimum Gasteiger partial charge on any atom is -0.367 e. The van der Waals surface area contributed by atoms with Gasteiger partial charge in [0.25, 0.3) is 0 Å². The van der Waals surface area contributed by atoms with E-state index >= 15 is 0 Å². The van der Waals surface area contributed by atoms with Crippen LogP contribution in [0.3, 0.4) is 0 Å². The van der Waals surface area contributed by atoms with Gasteiger partial charge in [0.05, 0.1) is 16.3 Å². The second-order valence-electron chi connectivity index (χ2n) is 5.93. The van der Waals surface area contributed by atoms with Crippen LogP contribution < -0.4 is 10.2 Å². The van der Waals surface area contributed by atoms with Gasteiger partial charge in [-0.2, -0.15) is 13.2 Å². The summed E-state index contributed by atoms with van der Waals surface area (Å²) in [6.07, 6.45) is -4.44. The molecule has 0 radical (unpaired) electrons. The Morgan fingerprint density at radius 2 is 1.69 bits per heavy atom. The SMILES string of the molecule is O=C(Nc1cccc(C(F)(F)F)c1)N1CCN(c2ccccc2Cl)CC1. The van der Waals surface area contributed by atoms with E-state index < -0.39 is 17.8 Å². The van der Waals surface area contributed by atoms with E-state index in [2.05, 4.69) is 10.2 Å². The first kappa shape index (κ1) is 18.4. The quantitative estimate of drug-likeness (QED) is 0.815. The third kappa shape index (κ3) is 4.22. The predicted octanol–water partition coefficient (Wildman–Crippen LogP) is 4.71.